The second-order valence-electron chi connectivity index (χ2n) is 6.44. The highest BCUT2D eigenvalue weighted by Gasteiger charge is 2.43. The summed E-state index contributed by atoms with van der Waals surface area (Å²) in [5, 5.41) is -0.155. The Balaban J connectivity index is 2.09. The summed E-state index contributed by atoms with van der Waals surface area (Å²) in [7, 11) is -5.53. The summed E-state index contributed by atoms with van der Waals surface area (Å²) in [5.74, 6) is 0.0286. The molecule has 24 heavy (non-hydrogen) atoms. The first kappa shape index (κ1) is 18.8. The number of hydrogen-bond acceptors (Lipinski definition) is 3. The number of carbonyl (C=O) groups is 2. The van der Waals surface area contributed by atoms with Crippen molar-refractivity contribution in [1.82, 2.24) is 0 Å². The van der Waals surface area contributed by atoms with Gasteiger partial charge in [0.25, 0.3) is 0 Å². The number of carbonyl (C=O) groups excluding carboxylic acids is 2. The first-order valence-corrected chi connectivity index (χ1v) is 14.3. The monoisotopic (exact) mass is 376 g/mol. The van der Waals surface area contributed by atoms with Gasteiger partial charge in [-0.15, -0.1) is 11.1 Å². The molecule has 1 atom stereocenters. The van der Waals surface area contributed by atoms with E-state index in [4.69, 9.17) is 15.2 Å². The highest BCUT2D eigenvalue weighted by atomic mass is 35.6. The molecule has 0 aliphatic rings. The van der Waals surface area contributed by atoms with Crippen LogP contribution in [-0.4, -0.2) is 27.1 Å². The molecule has 1 unspecified atom stereocenters. The van der Waals surface area contributed by atoms with Crippen molar-refractivity contribution in [3.05, 3.63) is 71.8 Å². The molecule has 0 bridgehead atoms. The molecule has 0 aliphatic carbocycles. The molecule has 2 rings (SSSR count). The molecule has 0 spiro atoms. The van der Waals surface area contributed by atoms with Crippen LogP contribution in [0.1, 0.15) is 20.7 Å². The van der Waals surface area contributed by atoms with Gasteiger partial charge < -0.3 is 4.12 Å². The molecule has 126 valence electrons. The van der Waals surface area contributed by atoms with E-state index in [2.05, 4.69) is 0 Å². The third-order valence-electron chi connectivity index (χ3n) is 3.59. The van der Waals surface area contributed by atoms with Crippen LogP contribution in [0.25, 0.3) is 0 Å². The lowest BCUT2D eigenvalue weighted by Gasteiger charge is -2.30. The number of Topliss-reactive ketones (excluding diaryl/α,β-unsaturated/α-hetero) is 1. The SMILES string of the molecule is C[Si](C)(CC(=O)c1ccccc1)O[Si](C)(Cl)C(=O)c1ccccc1. The average Bonchev–Trinajstić information content (AvgIpc) is 2.54. The van der Waals surface area contributed by atoms with Crippen molar-refractivity contribution < 1.29 is 13.7 Å². The third kappa shape index (κ3) is 4.98. The first-order chi connectivity index (χ1) is 11.2. The van der Waals surface area contributed by atoms with Crippen LogP contribution < -0.4 is 0 Å². The summed E-state index contributed by atoms with van der Waals surface area (Å²) < 4.78 is 6.11. The number of halogens is 1. The predicted octanol–water partition coefficient (Wildman–Crippen LogP) is 4.82. The number of benzene rings is 2. The first-order valence-electron chi connectivity index (χ1n) is 7.78. The Hall–Kier alpha value is -1.54. The Kier molecular flexibility index (Phi) is 5.93. The van der Waals surface area contributed by atoms with Gasteiger partial charge >= 0.3 is 7.63 Å². The van der Waals surface area contributed by atoms with Gasteiger partial charge in [-0.1, -0.05) is 60.7 Å². The van der Waals surface area contributed by atoms with E-state index in [1.165, 1.54) is 0 Å². The van der Waals surface area contributed by atoms with Crippen LogP contribution >= 0.6 is 11.1 Å². The maximum Gasteiger partial charge on any atom is 0.353 e. The molecule has 0 aromatic heterocycles. The van der Waals surface area contributed by atoms with Crippen molar-refractivity contribution in [2.75, 3.05) is 0 Å². The molecule has 0 saturated heterocycles. The topological polar surface area (TPSA) is 43.4 Å². The number of ketones is 1. The van der Waals surface area contributed by atoms with Gasteiger partial charge in [-0.3, -0.25) is 9.59 Å². The zero-order valence-electron chi connectivity index (χ0n) is 14.1. The summed E-state index contributed by atoms with van der Waals surface area (Å²) in [6.45, 7) is 5.55. The number of hydrogen-bond donors (Lipinski definition) is 0. The van der Waals surface area contributed by atoms with Crippen LogP contribution in [0.3, 0.4) is 0 Å². The smallest absolute Gasteiger partial charge is 0.353 e. The molecular formula is C18H21ClO3Si2. The van der Waals surface area contributed by atoms with E-state index in [9.17, 15) is 9.59 Å². The van der Waals surface area contributed by atoms with Crippen LogP contribution in [0.2, 0.25) is 25.7 Å². The molecule has 0 radical (unpaired) electrons. The fourth-order valence-corrected chi connectivity index (χ4v) is 11.2. The third-order valence-corrected chi connectivity index (χ3v) is 10.8. The Morgan fingerprint density at radius 3 is 1.83 bits per heavy atom. The lowest BCUT2D eigenvalue weighted by atomic mass is 10.2. The zero-order valence-corrected chi connectivity index (χ0v) is 16.8. The van der Waals surface area contributed by atoms with Gasteiger partial charge in [0.2, 0.25) is 0 Å². The van der Waals surface area contributed by atoms with Gasteiger partial charge in [-0.05, 0) is 19.6 Å². The maximum atomic E-state index is 12.6. The summed E-state index contributed by atoms with van der Waals surface area (Å²) >= 11 is 6.53. The van der Waals surface area contributed by atoms with E-state index in [0.717, 1.165) is 0 Å². The van der Waals surface area contributed by atoms with Gasteiger partial charge in [0.1, 0.15) is 0 Å². The predicted molar refractivity (Wildman–Crippen MR) is 102 cm³/mol. The van der Waals surface area contributed by atoms with E-state index in [1.807, 2.05) is 37.4 Å². The Bertz CT molecular complexity index is 716. The quantitative estimate of drug-likeness (QED) is 0.395. The highest BCUT2D eigenvalue weighted by molar-refractivity contribution is 7.34. The molecule has 0 heterocycles. The molecule has 0 N–H and O–H groups in total. The van der Waals surface area contributed by atoms with Crippen molar-refractivity contribution >= 4 is 38.2 Å². The molecular weight excluding hydrogens is 356 g/mol. The van der Waals surface area contributed by atoms with Gasteiger partial charge in [-0.2, -0.15) is 0 Å². The Morgan fingerprint density at radius 1 is 0.875 bits per heavy atom. The van der Waals surface area contributed by atoms with Crippen molar-refractivity contribution in [1.29, 1.82) is 0 Å². The highest BCUT2D eigenvalue weighted by Crippen LogP contribution is 2.26. The Morgan fingerprint density at radius 2 is 1.33 bits per heavy atom. The van der Waals surface area contributed by atoms with Crippen LogP contribution in [0, 0.1) is 0 Å². The van der Waals surface area contributed by atoms with E-state index in [1.54, 1.807) is 42.9 Å². The molecule has 6 heteroatoms. The van der Waals surface area contributed by atoms with Crippen molar-refractivity contribution in [3.8, 4) is 0 Å². The lowest BCUT2D eigenvalue weighted by Crippen LogP contribution is -2.49. The van der Waals surface area contributed by atoms with E-state index in [-0.39, 0.29) is 11.2 Å². The minimum Gasteiger partial charge on any atom is -0.439 e. The largest absolute Gasteiger partial charge is 0.439 e. The van der Waals surface area contributed by atoms with Crippen LogP contribution in [0.4, 0.5) is 0 Å². The summed E-state index contributed by atoms with van der Waals surface area (Å²) in [4.78, 5) is 25.1. The minimum absolute atomic E-state index is 0.0286. The van der Waals surface area contributed by atoms with Crippen LogP contribution in [0.15, 0.2) is 60.7 Å². The second-order valence-corrected chi connectivity index (χ2v) is 15.6. The maximum absolute atomic E-state index is 12.6. The molecule has 0 fully saturated rings. The van der Waals surface area contributed by atoms with Crippen molar-refractivity contribution in [3.63, 3.8) is 0 Å². The summed E-state index contributed by atoms with van der Waals surface area (Å²) in [5.41, 5.74) is 1.22. The van der Waals surface area contributed by atoms with Gasteiger partial charge in [-0.25, -0.2) is 0 Å². The van der Waals surface area contributed by atoms with Gasteiger partial charge in [0.05, 0.1) is 0 Å². The molecule has 0 aliphatic heterocycles. The van der Waals surface area contributed by atoms with E-state index in [0.29, 0.717) is 17.2 Å². The van der Waals surface area contributed by atoms with E-state index >= 15 is 0 Å². The van der Waals surface area contributed by atoms with Crippen molar-refractivity contribution in [2.45, 2.75) is 25.7 Å². The summed E-state index contributed by atoms with van der Waals surface area (Å²) in [6, 6.07) is 18.4. The summed E-state index contributed by atoms with van der Waals surface area (Å²) in [6.07, 6.45) is 0. The van der Waals surface area contributed by atoms with Gasteiger partial charge in [0, 0.05) is 17.2 Å². The van der Waals surface area contributed by atoms with Crippen LogP contribution in [-0.2, 0) is 4.12 Å². The molecule has 3 nitrogen and oxygen atoms in total. The standard InChI is InChI=1S/C18H21ClO3Si2/c1-23(2,14-17(20)15-10-6-4-7-11-15)22-24(3,19)18(21)16-12-8-5-9-13-16/h4-13H,14H2,1-3H3. The molecule has 0 amide bonds. The normalized spacial score (nSPS) is 14.0. The number of rotatable bonds is 7. The van der Waals surface area contributed by atoms with Crippen LogP contribution in [0.5, 0.6) is 0 Å². The zero-order chi connectivity index (χ0) is 17.8. The van der Waals surface area contributed by atoms with Crippen molar-refractivity contribution in [2.24, 2.45) is 0 Å². The van der Waals surface area contributed by atoms with E-state index < -0.39 is 15.9 Å². The minimum atomic E-state index is -3.11. The Labute approximate surface area is 149 Å². The fourth-order valence-electron chi connectivity index (χ4n) is 2.56. The molecule has 0 saturated carbocycles. The second kappa shape index (κ2) is 7.57. The molecule has 2 aromatic carbocycles. The average molecular weight is 377 g/mol. The lowest BCUT2D eigenvalue weighted by molar-refractivity contribution is 0.100. The fraction of sp³-hybridized carbons (Fsp3) is 0.222. The van der Waals surface area contributed by atoms with Gasteiger partial charge in [0.15, 0.2) is 19.5 Å². The molecule has 2 aromatic rings.